The van der Waals surface area contributed by atoms with Crippen LogP contribution in [0, 0.1) is 0 Å². The van der Waals surface area contributed by atoms with E-state index in [2.05, 4.69) is 12.2 Å². The number of benzene rings is 2. The summed E-state index contributed by atoms with van der Waals surface area (Å²) >= 11 is 0. The molecule has 0 spiro atoms. The second-order valence-corrected chi connectivity index (χ2v) is 6.24. The Labute approximate surface area is 160 Å². The molecule has 0 saturated heterocycles. The molecule has 0 saturated carbocycles. The Bertz CT molecular complexity index is 790. The number of nitrogens with zero attached hydrogens (tertiary/aromatic N) is 1. The summed E-state index contributed by atoms with van der Waals surface area (Å²) < 4.78 is 0. The summed E-state index contributed by atoms with van der Waals surface area (Å²) in [5, 5.41) is 2.93. The molecule has 26 heavy (non-hydrogen) atoms. The van der Waals surface area contributed by atoms with Gasteiger partial charge >= 0.3 is 0 Å². The van der Waals surface area contributed by atoms with Crippen LogP contribution in [0.2, 0.25) is 0 Å². The van der Waals surface area contributed by atoms with Gasteiger partial charge in [0.1, 0.15) is 0 Å². The van der Waals surface area contributed by atoms with Crippen molar-refractivity contribution in [3.63, 3.8) is 0 Å². The summed E-state index contributed by atoms with van der Waals surface area (Å²) in [5.74, 6) is 0.0203. The highest BCUT2D eigenvalue weighted by molar-refractivity contribution is 6.04. The van der Waals surface area contributed by atoms with Crippen molar-refractivity contribution in [1.29, 1.82) is 0 Å². The number of hydrogen-bond acceptors (Lipinski definition) is 3. The Balaban J connectivity index is 0.00000243. The molecule has 1 heterocycles. The molecule has 3 rings (SSSR count). The number of amides is 2. The molecular formula is C20H24ClN3O2. The number of rotatable bonds is 5. The molecule has 2 aromatic rings. The smallest absolute Gasteiger partial charge is 0.255 e. The first-order chi connectivity index (χ1) is 12.1. The van der Waals surface area contributed by atoms with Crippen LogP contribution in [0.15, 0.2) is 42.5 Å². The molecule has 0 aromatic heterocycles. The van der Waals surface area contributed by atoms with E-state index >= 15 is 0 Å². The molecule has 3 N–H and O–H groups in total. The topological polar surface area (TPSA) is 75.4 Å². The summed E-state index contributed by atoms with van der Waals surface area (Å²) in [6.07, 6.45) is 2.15. The molecule has 0 fully saturated rings. The van der Waals surface area contributed by atoms with Crippen LogP contribution in [-0.4, -0.2) is 18.4 Å². The number of aryl methyl sites for hydroxylation is 1. The summed E-state index contributed by atoms with van der Waals surface area (Å²) in [7, 11) is 0. The van der Waals surface area contributed by atoms with Gasteiger partial charge in [0, 0.05) is 36.4 Å². The fourth-order valence-corrected chi connectivity index (χ4v) is 3.10. The van der Waals surface area contributed by atoms with Gasteiger partial charge in [0.2, 0.25) is 5.91 Å². The largest absolute Gasteiger partial charge is 0.326 e. The van der Waals surface area contributed by atoms with E-state index in [4.69, 9.17) is 5.73 Å². The molecule has 138 valence electrons. The second-order valence-electron chi connectivity index (χ2n) is 6.24. The quantitative estimate of drug-likeness (QED) is 0.842. The van der Waals surface area contributed by atoms with Gasteiger partial charge in [-0.05, 0) is 54.3 Å². The Morgan fingerprint density at radius 3 is 2.54 bits per heavy atom. The predicted octanol–water partition coefficient (Wildman–Crippen LogP) is 3.51. The summed E-state index contributed by atoms with van der Waals surface area (Å²) in [4.78, 5) is 26.3. The summed E-state index contributed by atoms with van der Waals surface area (Å²) in [6, 6.07) is 13.0. The molecule has 0 radical (unpaired) electrons. The molecule has 6 heteroatoms. The van der Waals surface area contributed by atoms with Crippen molar-refractivity contribution < 1.29 is 9.59 Å². The predicted molar refractivity (Wildman–Crippen MR) is 107 cm³/mol. The number of carbonyl (C=O) groups excluding carboxylic acids is 2. The molecule has 2 amide bonds. The maximum atomic E-state index is 12.4. The van der Waals surface area contributed by atoms with Crippen molar-refractivity contribution >= 4 is 35.6 Å². The Kier molecular flexibility index (Phi) is 6.77. The normalized spacial score (nSPS) is 13.0. The monoisotopic (exact) mass is 373 g/mol. The molecule has 0 unspecified atom stereocenters. The first-order valence-electron chi connectivity index (χ1n) is 8.66. The van der Waals surface area contributed by atoms with Crippen LogP contribution in [0.4, 0.5) is 11.4 Å². The first kappa shape index (κ1) is 19.9. The van der Waals surface area contributed by atoms with Crippen LogP contribution < -0.4 is 16.0 Å². The van der Waals surface area contributed by atoms with Crippen LogP contribution in [0.1, 0.15) is 41.3 Å². The van der Waals surface area contributed by atoms with Crippen molar-refractivity contribution in [1.82, 2.24) is 0 Å². The van der Waals surface area contributed by atoms with Gasteiger partial charge in [-0.3, -0.25) is 9.59 Å². The zero-order valence-electron chi connectivity index (χ0n) is 14.8. The third-order valence-electron chi connectivity index (χ3n) is 4.44. The second kappa shape index (κ2) is 8.83. The maximum absolute atomic E-state index is 12.4. The molecule has 0 aliphatic carbocycles. The number of halogens is 1. The van der Waals surface area contributed by atoms with E-state index in [9.17, 15) is 9.59 Å². The lowest BCUT2D eigenvalue weighted by atomic mass is 10.00. The van der Waals surface area contributed by atoms with Crippen LogP contribution in [0.5, 0.6) is 0 Å². The summed E-state index contributed by atoms with van der Waals surface area (Å²) in [6.45, 7) is 3.25. The van der Waals surface area contributed by atoms with E-state index in [0.29, 0.717) is 24.9 Å². The number of anilines is 2. The number of nitrogens with one attached hydrogen (secondary N) is 1. The van der Waals surface area contributed by atoms with Gasteiger partial charge in [0.15, 0.2) is 0 Å². The molecule has 0 atom stereocenters. The molecule has 5 nitrogen and oxygen atoms in total. The average Bonchev–Trinajstić information content (AvgIpc) is 2.64. The van der Waals surface area contributed by atoms with E-state index in [0.717, 1.165) is 35.5 Å². The van der Waals surface area contributed by atoms with Crippen molar-refractivity contribution in [3.8, 4) is 0 Å². The van der Waals surface area contributed by atoms with Crippen LogP contribution >= 0.6 is 12.4 Å². The lowest BCUT2D eigenvalue weighted by molar-refractivity contribution is -0.118. The zero-order valence-corrected chi connectivity index (χ0v) is 15.6. The van der Waals surface area contributed by atoms with Gasteiger partial charge in [0.05, 0.1) is 0 Å². The molecule has 0 bridgehead atoms. The van der Waals surface area contributed by atoms with E-state index in [-0.39, 0.29) is 24.2 Å². The van der Waals surface area contributed by atoms with Crippen molar-refractivity contribution in [2.24, 2.45) is 5.73 Å². The summed E-state index contributed by atoms with van der Waals surface area (Å²) in [5.41, 5.74) is 9.98. The molecule has 1 aliphatic heterocycles. The van der Waals surface area contributed by atoms with Gasteiger partial charge < -0.3 is 16.0 Å². The van der Waals surface area contributed by atoms with Gasteiger partial charge in [-0.15, -0.1) is 12.4 Å². The van der Waals surface area contributed by atoms with Gasteiger partial charge in [-0.2, -0.15) is 0 Å². The number of carbonyl (C=O) groups is 2. The Morgan fingerprint density at radius 1 is 1.15 bits per heavy atom. The van der Waals surface area contributed by atoms with E-state index in [1.165, 1.54) is 0 Å². The lowest BCUT2D eigenvalue weighted by Gasteiger charge is -2.29. The molecular weight excluding hydrogens is 350 g/mol. The van der Waals surface area contributed by atoms with Gasteiger partial charge in [0.25, 0.3) is 5.91 Å². The minimum Gasteiger partial charge on any atom is -0.326 e. The lowest BCUT2D eigenvalue weighted by Crippen LogP contribution is -2.35. The number of nitrogens with two attached hydrogens (primary N) is 1. The van der Waals surface area contributed by atoms with Crippen LogP contribution in [0.25, 0.3) is 0 Å². The van der Waals surface area contributed by atoms with Gasteiger partial charge in [-0.25, -0.2) is 0 Å². The minimum atomic E-state index is -0.152. The highest BCUT2D eigenvalue weighted by Crippen LogP contribution is 2.30. The molecule has 1 aliphatic rings. The van der Waals surface area contributed by atoms with E-state index < -0.39 is 0 Å². The number of hydrogen-bond donors (Lipinski definition) is 2. The minimum absolute atomic E-state index is 0. The van der Waals surface area contributed by atoms with Crippen molar-refractivity contribution in [2.45, 2.75) is 32.7 Å². The van der Waals surface area contributed by atoms with Crippen LogP contribution in [0.3, 0.4) is 0 Å². The van der Waals surface area contributed by atoms with E-state index in [1.807, 2.05) is 35.2 Å². The fraction of sp³-hybridized carbons (Fsp3) is 0.300. The highest BCUT2D eigenvalue weighted by atomic mass is 35.5. The Hall–Kier alpha value is -2.37. The Morgan fingerprint density at radius 2 is 1.88 bits per heavy atom. The maximum Gasteiger partial charge on any atom is 0.255 e. The highest BCUT2D eigenvalue weighted by Gasteiger charge is 2.23. The fourth-order valence-electron chi connectivity index (χ4n) is 3.10. The van der Waals surface area contributed by atoms with Crippen LogP contribution in [-0.2, 0) is 17.8 Å². The first-order valence-corrected chi connectivity index (χ1v) is 8.66. The SMILES string of the molecule is CCCN1C(=O)CCc2cc(NC(=O)c3ccc(CN)cc3)ccc21.Cl. The zero-order chi connectivity index (χ0) is 17.8. The van der Waals surface area contributed by atoms with Gasteiger partial charge in [-0.1, -0.05) is 19.1 Å². The standard InChI is InChI=1S/C20H23N3O2.ClH/c1-2-11-23-18-9-8-17(12-16(18)7-10-19(23)24)22-20(25)15-5-3-14(13-21)4-6-15;/h3-6,8-9,12H,2,7,10-11,13,21H2,1H3,(H,22,25);1H. The third-order valence-corrected chi connectivity index (χ3v) is 4.44. The average molecular weight is 374 g/mol. The van der Waals surface area contributed by atoms with E-state index in [1.54, 1.807) is 12.1 Å². The third kappa shape index (κ3) is 4.23. The number of fused-ring (bicyclic) bond motifs is 1. The van der Waals surface area contributed by atoms with Crippen molar-refractivity contribution in [2.75, 3.05) is 16.8 Å². The molecule has 2 aromatic carbocycles. The van der Waals surface area contributed by atoms with Crippen molar-refractivity contribution in [3.05, 3.63) is 59.2 Å².